The second kappa shape index (κ2) is 7.69. The topological polar surface area (TPSA) is 49.3 Å². The fraction of sp³-hybridized carbons (Fsp3) is 0.412. The molecule has 0 aromatic heterocycles. The lowest BCUT2D eigenvalue weighted by atomic mass is 10.1. The number of benzene rings is 2. The van der Waals surface area contributed by atoms with Crippen molar-refractivity contribution in [3.05, 3.63) is 42.0 Å². The number of hydrogen-bond acceptors (Lipinski definition) is 2. The second-order valence-corrected chi connectivity index (χ2v) is 6.52. The first-order chi connectivity index (χ1) is 9.94. The maximum Gasteiger partial charge on any atom is 0.126 e. The third kappa shape index (κ3) is 4.37. The first kappa shape index (κ1) is 17.8. The quantitative estimate of drug-likeness (QED) is 0.907. The molecule has 0 aliphatic carbocycles. The first-order valence-corrected chi connectivity index (χ1v) is 8.38. The standard InChI is InChI=1S/C15H19NO2S.C2H6/c1-11-8-9-14(13-7-5-4-6-12(11)13)19(18)16-15(2,3)10-17;1-2/h4-9,16-17H,10H2,1-3H3;1-2H3. The van der Waals surface area contributed by atoms with Gasteiger partial charge in [-0.2, -0.15) is 0 Å². The van der Waals surface area contributed by atoms with Crippen LogP contribution in [0.15, 0.2) is 41.3 Å². The molecule has 1 atom stereocenters. The van der Waals surface area contributed by atoms with Crippen LogP contribution in [-0.2, 0) is 11.0 Å². The van der Waals surface area contributed by atoms with E-state index in [-0.39, 0.29) is 6.61 Å². The van der Waals surface area contributed by atoms with Crippen LogP contribution in [0.4, 0.5) is 0 Å². The molecule has 0 saturated heterocycles. The summed E-state index contributed by atoms with van der Waals surface area (Å²) in [5.41, 5.74) is 0.592. The minimum atomic E-state index is -1.35. The van der Waals surface area contributed by atoms with E-state index in [0.29, 0.717) is 0 Å². The summed E-state index contributed by atoms with van der Waals surface area (Å²) in [5, 5.41) is 11.3. The summed E-state index contributed by atoms with van der Waals surface area (Å²) in [6, 6.07) is 11.8. The largest absolute Gasteiger partial charge is 0.394 e. The first-order valence-electron chi connectivity index (χ1n) is 7.23. The van der Waals surface area contributed by atoms with Crippen LogP contribution in [0.3, 0.4) is 0 Å². The lowest BCUT2D eigenvalue weighted by Gasteiger charge is -2.23. The van der Waals surface area contributed by atoms with Gasteiger partial charge in [-0.15, -0.1) is 0 Å². The number of hydrogen-bond donors (Lipinski definition) is 2. The van der Waals surface area contributed by atoms with E-state index in [4.69, 9.17) is 0 Å². The number of aryl methyl sites for hydroxylation is 1. The molecule has 0 heterocycles. The Kier molecular flexibility index (Phi) is 6.52. The van der Waals surface area contributed by atoms with Gasteiger partial charge in [0.05, 0.1) is 11.5 Å². The zero-order chi connectivity index (χ0) is 16.0. The Bertz CT molecular complexity index is 623. The van der Waals surface area contributed by atoms with Gasteiger partial charge in [-0.25, -0.2) is 8.93 Å². The summed E-state index contributed by atoms with van der Waals surface area (Å²) in [6.45, 7) is 9.62. The zero-order valence-electron chi connectivity index (χ0n) is 13.4. The molecule has 116 valence electrons. The normalized spacial score (nSPS) is 12.7. The van der Waals surface area contributed by atoms with Crippen LogP contribution in [-0.4, -0.2) is 21.5 Å². The summed E-state index contributed by atoms with van der Waals surface area (Å²) < 4.78 is 15.4. The van der Waals surface area contributed by atoms with Crippen LogP contribution in [0.25, 0.3) is 10.8 Å². The predicted molar refractivity (Wildman–Crippen MR) is 90.7 cm³/mol. The summed E-state index contributed by atoms with van der Waals surface area (Å²) in [5.74, 6) is 0. The van der Waals surface area contributed by atoms with Gasteiger partial charge >= 0.3 is 0 Å². The molecule has 2 N–H and O–H groups in total. The molecule has 3 nitrogen and oxygen atoms in total. The smallest absolute Gasteiger partial charge is 0.126 e. The van der Waals surface area contributed by atoms with E-state index in [9.17, 15) is 9.32 Å². The molecule has 1 unspecified atom stereocenters. The van der Waals surface area contributed by atoms with Gasteiger partial charge in [0.15, 0.2) is 0 Å². The van der Waals surface area contributed by atoms with Crippen molar-refractivity contribution in [3.8, 4) is 0 Å². The molecule has 0 bridgehead atoms. The molecule has 0 aliphatic heterocycles. The van der Waals surface area contributed by atoms with Gasteiger partial charge in [0, 0.05) is 5.54 Å². The highest BCUT2D eigenvalue weighted by Crippen LogP contribution is 2.24. The lowest BCUT2D eigenvalue weighted by molar-refractivity contribution is 0.210. The van der Waals surface area contributed by atoms with Crippen LogP contribution in [0.5, 0.6) is 0 Å². The van der Waals surface area contributed by atoms with Crippen LogP contribution in [0, 0.1) is 6.92 Å². The van der Waals surface area contributed by atoms with Crippen molar-refractivity contribution in [1.82, 2.24) is 4.72 Å². The van der Waals surface area contributed by atoms with E-state index in [2.05, 4.69) is 4.72 Å². The Morgan fingerprint density at radius 1 is 1.10 bits per heavy atom. The lowest BCUT2D eigenvalue weighted by Crippen LogP contribution is -2.43. The molecule has 0 fully saturated rings. The maximum atomic E-state index is 12.4. The highest BCUT2D eigenvalue weighted by atomic mass is 32.2. The molecule has 0 saturated carbocycles. The van der Waals surface area contributed by atoms with E-state index < -0.39 is 16.5 Å². The van der Waals surface area contributed by atoms with Crippen LogP contribution < -0.4 is 4.72 Å². The van der Waals surface area contributed by atoms with Crippen molar-refractivity contribution in [1.29, 1.82) is 0 Å². The Morgan fingerprint density at radius 3 is 2.24 bits per heavy atom. The van der Waals surface area contributed by atoms with E-state index in [1.807, 2.05) is 71.0 Å². The molecule has 2 aromatic rings. The Hall–Kier alpha value is -1.23. The van der Waals surface area contributed by atoms with Gasteiger partial charge in [-0.1, -0.05) is 44.2 Å². The molecule has 2 rings (SSSR count). The number of nitrogens with one attached hydrogen (secondary N) is 1. The monoisotopic (exact) mass is 307 g/mol. The average molecular weight is 307 g/mol. The van der Waals surface area contributed by atoms with Gasteiger partial charge in [0.2, 0.25) is 0 Å². The molecule has 0 spiro atoms. The van der Waals surface area contributed by atoms with Crippen LogP contribution >= 0.6 is 0 Å². The van der Waals surface area contributed by atoms with Gasteiger partial charge in [0.25, 0.3) is 0 Å². The van der Waals surface area contributed by atoms with Crippen molar-refractivity contribution in [2.45, 2.75) is 45.1 Å². The van der Waals surface area contributed by atoms with Crippen molar-refractivity contribution >= 4 is 21.8 Å². The summed E-state index contributed by atoms with van der Waals surface area (Å²) >= 11 is 0. The number of aliphatic hydroxyl groups is 1. The molecular weight excluding hydrogens is 282 g/mol. The predicted octanol–water partition coefficient (Wildman–Crippen LogP) is 3.56. The average Bonchev–Trinajstić information content (AvgIpc) is 2.49. The Labute approximate surface area is 130 Å². The zero-order valence-corrected chi connectivity index (χ0v) is 14.3. The maximum absolute atomic E-state index is 12.4. The summed E-state index contributed by atoms with van der Waals surface area (Å²) in [7, 11) is -1.35. The third-order valence-electron chi connectivity index (χ3n) is 3.07. The molecule has 0 aliphatic rings. The van der Waals surface area contributed by atoms with Gasteiger partial charge in [-0.05, 0) is 43.2 Å². The highest BCUT2D eigenvalue weighted by molar-refractivity contribution is 7.83. The van der Waals surface area contributed by atoms with Crippen molar-refractivity contribution in [3.63, 3.8) is 0 Å². The van der Waals surface area contributed by atoms with Crippen molar-refractivity contribution in [2.24, 2.45) is 0 Å². The van der Waals surface area contributed by atoms with Gasteiger partial charge in [0.1, 0.15) is 11.0 Å². The molecule has 4 heteroatoms. The van der Waals surface area contributed by atoms with E-state index in [1.54, 1.807) is 0 Å². The molecule has 0 amide bonds. The fourth-order valence-electron chi connectivity index (χ4n) is 1.92. The molecule has 21 heavy (non-hydrogen) atoms. The Balaban J connectivity index is 0.00000106. The second-order valence-electron chi connectivity index (χ2n) is 5.34. The van der Waals surface area contributed by atoms with Crippen molar-refractivity contribution in [2.75, 3.05) is 6.61 Å². The van der Waals surface area contributed by atoms with Gasteiger partial charge in [-0.3, -0.25) is 0 Å². The number of fused-ring (bicyclic) bond motifs is 1. The minimum absolute atomic E-state index is 0.0669. The Morgan fingerprint density at radius 2 is 1.67 bits per heavy atom. The van der Waals surface area contributed by atoms with Crippen LogP contribution in [0.1, 0.15) is 33.3 Å². The summed E-state index contributed by atoms with van der Waals surface area (Å²) in [4.78, 5) is 0.753. The van der Waals surface area contributed by atoms with E-state index in [1.165, 1.54) is 0 Å². The minimum Gasteiger partial charge on any atom is -0.394 e. The number of aliphatic hydroxyl groups excluding tert-OH is 1. The molecule has 0 radical (unpaired) electrons. The van der Waals surface area contributed by atoms with Crippen LogP contribution in [0.2, 0.25) is 0 Å². The highest BCUT2D eigenvalue weighted by Gasteiger charge is 2.20. The fourth-order valence-corrected chi connectivity index (χ4v) is 3.17. The van der Waals surface area contributed by atoms with E-state index >= 15 is 0 Å². The van der Waals surface area contributed by atoms with Gasteiger partial charge < -0.3 is 5.11 Å². The number of rotatable bonds is 4. The molecule has 2 aromatic carbocycles. The molecular formula is C17H25NO2S. The SMILES string of the molecule is CC.Cc1ccc(S(=O)NC(C)(C)CO)c2ccccc12. The van der Waals surface area contributed by atoms with E-state index in [0.717, 1.165) is 21.2 Å². The third-order valence-corrected chi connectivity index (χ3v) is 4.56. The summed E-state index contributed by atoms with van der Waals surface area (Å²) in [6.07, 6.45) is 0. The van der Waals surface area contributed by atoms with Crippen molar-refractivity contribution < 1.29 is 9.32 Å².